The summed E-state index contributed by atoms with van der Waals surface area (Å²) in [7, 11) is 0. The molecule has 0 aliphatic heterocycles. The number of aliphatic hydroxyl groups is 2. The number of aromatic nitrogens is 1. The largest absolute Gasteiger partial charge is 0.388 e. The summed E-state index contributed by atoms with van der Waals surface area (Å²) in [6, 6.07) is 0. The monoisotopic (exact) mass is 455 g/mol. The van der Waals surface area contributed by atoms with Gasteiger partial charge in [-0.25, -0.2) is 4.98 Å². The summed E-state index contributed by atoms with van der Waals surface area (Å²) in [5.74, 6) is 2.16. The van der Waals surface area contributed by atoms with Gasteiger partial charge in [-0.15, -0.1) is 11.3 Å². The van der Waals surface area contributed by atoms with Crippen molar-refractivity contribution in [3.8, 4) is 0 Å². The number of thiazole rings is 1. The van der Waals surface area contributed by atoms with Crippen LogP contribution in [0.5, 0.6) is 0 Å². The molecule has 1 aromatic heterocycles. The molecule has 0 bridgehead atoms. The zero-order chi connectivity index (χ0) is 22.7. The Morgan fingerprint density at radius 2 is 2.06 bits per heavy atom. The highest BCUT2D eigenvalue weighted by molar-refractivity contribution is 7.09. The molecular formula is C28H41NO2S. The number of hydrogen-bond donors (Lipinski definition) is 2. The van der Waals surface area contributed by atoms with Crippen molar-refractivity contribution in [3.63, 3.8) is 0 Å². The highest BCUT2D eigenvalue weighted by Gasteiger charge is 2.50. The number of hydrogen-bond acceptors (Lipinski definition) is 4. The second kappa shape index (κ2) is 10.4. The zero-order valence-electron chi connectivity index (χ0n) is 19.9. The molecule has 6 atom stereocenters. The molecule has 32 heavy (non-hydrogen) atoms. The maximum Gasteiger partial charge on any atom is 0.121 e. The highest BCUT2D eigenvalue weighted by atomic mass is 32.1. The van der Waals surface area contributed by atoms with Crippen LogP contribution in [0.3, 0.4) is 0 Å². The summed E-state index contributed by atoms with van der Waals surface area (Å²) < 4.78 is 0. The number of allylic oxidation sites excluding steroid dienone is 3. The van der Waals surface area contributed by atoms with Gasteiger partial charge in [-0.1, -0.05) is 51.0 Å². The fraction of sp³-hybridized carbons (Fsp3) is 0.679. The molecular weight excluding hydrogens is 414 g/mol. The molecule has 2 N–H and O–H groups in total. The molecule has 4 heteroatoms. The fourth-order valence-electron chi connectivity index (χ4n) is 7.00. The molecule has 0 spiro atoms. The Bertz CT molecular complexity index is 842. The molecule has 0 amide bonds. The Morgan fingerprint density at radius 3 is 2.84 bits per heavy atom. The molecule has 3 aliphatic carbocycles. The number of nitrogens with zero attached hydrogens (tertiary/aromatic N) is 1. The third kappa shape index (κ3) is 4.98. The SMILES string of the molecule is C=C1/C(=C\C=C2/CCC[C@@]3(C)C2CCC3[C@H](C)CCC[C@H](O)c2nccs2)CCC[C@@H]1O. The lowest BCUT2D eigenvalue weighted by molar-refractivity contribution is 0.0898. The van der Waals surface area contributed by atoms with Gasteiger partial charge in [-0.05, 0) is 92.1 Å². The predicted octanol–water partition coefficient (Wildman–Crippen LogP) is 7.15. The van der Waals surface area contributed by atoms with Crippen molar-refractivity contribution >= 4 is 11.3 Å². The summed E-state index contributed by atoms with van der Waals surface area (Å²) in [6.45, 7) is 9.15. The third-order valence-electron chi connectivity index (χ3n) is 8.84. The highest BCUT2D eigenvalue weighted by Crippen LogP contribution is 2.60. The first kappa shape index (κ1) is 23.9. The minimum absolute atomic E-state index is 0.351. The molecule has 176 valence electrons. The Hall–Kier alpha value is -1.23. The molecule has 4 rings (SSSR count). The normalized spacial score (nSPS) is 35.2. The second-order valence-electron chi connectivity index (χ2n) is 10.8. The molecule has 1 heterocycles. The fourth-order valence-corrected chi connectivity index (χ4v) is 7.66. The van der Waals surface area contributed by atoms with Gasteiger partial charge in [0, 0.05) is 11.6 Å². The van der Waals surface area contributed by atoms with Gasteiger partial charge in [0.05, 0.1) is 6.10 Å². The summed E-state index contributed by atoms with van der Waals surface area (Å²) in [6.07, 6.45) is 18.2. The van der Waals surface area contributed by atoms with Crippen LogP contribution in [0.25, 0.3) is 0 Å². The van der Waals surface area contributed by atoms with Crippen LogP contribution in [0.4, 0.5) is 0 Å². The first-order valence-corrected chi connectivity index (χ1v) is 13.6. The Morgan fingerprint density at radius 1 is 1.22 bits per heavy atom. The van der Waals surface area contributed by atoms with Gasteiger partial charge in [-0.3, -0.25) is 0 Å². The minimum Gasteiger partial charge on any atom is -0.388 e. The van der Waals surface area contributed by atoms with Gasteiger partial charge >= 0.3 is 0 Å². The smallest absolute Gasteiger partial charge is 0.121 e. The molecule has 3 nitrogen and oxygen atoms in total. The first-order valence-electron chi connectivity index (χ1n) is 12.7. The van der Waals surface area contributed by atoms with Gasteiger partial charge in [0.2, 0.25) is 0 Å². The van der Waals surface area contributed by atoms with E-state index in [1.165, 1.54) is 44.1 Å². The maximum atomic E-state index is 10.4. The van der Waals surface area contributed by atoms with E-state index in [1.807, 2.05) is 5.38 Å². The van der Waals surface area contributed by atoms with E-state index in [4.69, 9.17) is 0 Å². The third-order valence-corrected chi connectivity index (χ3v) is 9.71. The van der Waals surface area contributed by atoms with E-state index in [-0.39, 0.29) is 6.10 Å². The van der Waals surface area contributed by atoms with Gasteiger partial charge < -0.3 is 10.2 Å². The van der Waals surface area contributed by atoms with Crippen LogP contribution in [-0.4, -0.2) is 21.3 Å². The summed E-state index contributed by atoms with van der Waals surface area (Å²) in [5, 5.41) is 23.3. The van der Waals surface area contributed by atoms with Crippen LogP contribution in [0.1, 0.15) is 95.6 Å². The molecule has 1 aromatic rings. The number of fused-ring (bicyclic) bond motifs is 1. The van der Waals surface area contributed by atoms with E-state index >= 15 is 0 Å². The molecule has 0 saturated heterocycles. The van der Waals surface area contributed by atoms with E-state index in [2.05, 4.69) is 37.6 Å². The van der Waals surface area contributed by atoms with Crippen molar-refractivity contribution in [1.82, 2.24) is 4.98 Å². The van der Waals surface area contributed by atoms with E-state index < -0.39 is 6.10 Å². The maximum absolute atomic E-state index is 10.4. The van der Waals surface area contributed by atoms with Crippen LogP contribution in [0.2, 0.25) is 0 Å². The van der Waals surface area contributed by atoms with Crippen LogP contribution in [0, 0.1) is 23.2 Å². The van der Waals surface area contributed by atoms with Crippen molar-refractivity contribution < 1.29 is 10.2 Å². The molecule has 3 saturated carbocycles. The van der Waals surface area contributed by atoms with E-state index in [1.54, 1.807) is 23.1 Å². The van der Waals surface area contributed by atoms with E-state index in [9.17, 15) is 10.2 Å². The molecule has 3 aliphatic rings. The van der Waals surface area contributed by atoms with Crippen molar-refractivity contribution in [1.29, 1.82) is 0 Å². The minimum atomic E-state index is -0.403. The molecule has 2 unspecified atom stereocenters. The van der Waals surface area contributed by atoms with Gasteiger partial charge in [0.15, 0.2) is 0 Å². The van der Waals surface area contributed by atoms with Crippen molar-refractivity contribution in [3.05, 3.63) is 52.0 Å². The first-order chi connectivity index (χ1) is 15.4. The lowest BCUT2D eigenvalue weighted by Crippen LogP contribution is -2.36. The summed E-state index contributed by atoms with van der Waals surface area (Å²) >= 11 is 1.55. The van der Waals surface area contributed by atoms with Crippen molar-refractivity contribution in [2.75, 3.05) is 0 Å². The van der Waals surface area contributed by atoms with Gasteiger partial charge in [0.25, 0.3) is 0 Å². The van der Waals surface area contributed by atoms with Crippen LogP contribution in [-0.2, 0) is 0 Å². The zero-order valence-corrected chi connectivity index (χ0v) is 20.7. The Labute approximate surface area is 198 Å². The average Bonchev–Trinajstić information content (AvgIpc) is 3.42. The number of aliphatic hydroxyl groups excluding tert-OH is 2. The van der Waals surface area contributed by atoms with Crippen LogP contribution >= 0.6 is 11.3 Å². The quantitative estimate of drug-likeness (QED) is 0.459. The molecule has 3 fully saturated rings. The topological polar surface area (TPSA) is 53.4 Å². The van der Waals surface area contributed by atoms with Crippen molar-refractivity contribution in [2.45, 2.75) is 96.7 Å². The summed E-state index contributed by atoms with van der Waals surface area (Å²) in [4.78, 5) is 4.26. The van der Waals surface area contributed by atoms with Gasteiger partial charge in [0.1, 0.15) is 11.1 Å². The predicted molar refractivity (Wildman–Crippen MR) is 133 cm³/mol. The number of rotatable bonds is 7. The van der Waals surface area contributed by atoms with E-state index in [0.29, 0.717) is 17.3 Å². The lowest BCUT2D eigenvalue weighted by atomic mass is 9.60. The van der Waals surface area contributed by atoms with Crippen LogP contribution in [0.15, 0.2) is 47.0 Å². The van der Waals surface area contributed by atoms with Crippen molar-refractivity contribution in [2.24, 2.45) is 23.2 Å². The standard InChI is InChI=1S/C28H41NO2S/c1-19(7-4-11-26(31)27-29-17-18-32-27)23-14-15-24-22(9-6-16-28(23,24)3)13-12-21-8-5-10-25(30)20(21)2/h12-13,17-19,23-26,30-31H,2,4-11,14-16H2,1,3H3/b21-12-,22-13+/t19-,23?,24?,25+,26+,28-/m1/s1. The summed E-state index contributed by atoms with van der Waals surface area (Å²) in [5.41, 5.74) is 4.22. The Balaban J connectivity index is 1.38. The van der Waals surface area contributed by atoms with Gasteiger partial charge in [-0.2, -0.15) is 0 Å². The average molecular weight is 456 g/mol. The molecule has 0 aromatic carbocycles. The van der Waals surface area contributed by atoms with E-state index in [0.717, 1.165) is 48.6 Å². The molecule has 0 radical (unpaired) electrons. The Kier molecular flexibility index (Phi) is 7.74. The second-order valence-corrected chi connectivity index (χ2v) is 11.7. The van der Waals surface area contributed by atoms with Crippen LogP contribution < -0.4 is 0 Å². The lowest BCUT2D eigenvalue weighted by Gasteiger charge is -2.44.